The van der Waals surface area contributed by atoms with Crippen LogP contribution in [-0.4, -0.2) is 35.8 Å². The molecule has 0 aromatic carbocycles. The standard InChI is InChI=1S/C39H70N2O2/c1-6-7-8-9-10-11-12-13-14-15-16-17-18-19-20-21-36(42)40-30(2)32-23-24-33-31-22-25-35-39(4,29-27-37(43)41(35)5)34(31)26-28-38(32,33)3/h30-35H,6-29H2,1-5H3,(H,40,42)/t30?,31-,32+,33-,34-,35+,38+,39+/m0/s1. The van der Waals surface area contributed by atoms with Gasteiger partial charge < -0.3 is 10.2 Å². The van der Waals surface area contributed by atoms with Crippen molar-refractivity contribution in [1.82, 2.24) is 10.2 Å². The van der Waals surface area contributed by atoms with Crippen LogP contribution in [0.25, 0.3) is 0 Å². The topological polar surface area (TPSA) is 49.4 Å². The average molecular weight is 599 g/mol. The lowest BCUT2D eigenvalue weighted by atomic mass is 9.46. The summed E-state index contributed by atoms with van der Waals surface area (Å²) in [7, 11) is 2.06. The number of carbonyl (C=O) groups excluding carboxylic acids is 2. The number of hydrogen-bond acceptors (Lipinski definition) is 2. The Morgan fingerprint density at radius 2 is 1.33 bits per heavy atom. The molecule has 4 fully saturated rings. The summed E-state index contributed by atoms with van der Waals surface area (Å²) < 4.78 is 0. The normalized spacial score (nSPS) is 34.4. The average Bonchev–Trinajstić information content (AvgIpc) is 3.34. The molecular weight excluding hydrogens is 528 g/mol. The molecule has 1 unspecified atom stereocenters. The third-order valence-corrected chi connectivity index (χ3v) is 13.6. The van der Waals surface area contributed by atoms with Crippen LogP contribution in [0.3, 0.4) is 0 Å². The highest BCUT2D eigenvalue weighted by Gasteiger charge is 2.61. The number of hydrogen-bond donors (Lipinski definition) is 1. The van der Waals surface area contributed by atoms with Crippen LogP contribution in [-0.2, 0) is 9.59 Å². The number of nitrogens with one attached hydrogen (secondary N) is 1. The van der Waals surface area contributed by atoms with E-state index in [2.05, 4.69) is 45.0 Å². The third-order valence-electron chi connectivity index (χ3n) is 13.6. The Bertz CT molecular complexity index is 873. The van der Waals surface area contributed by atoms with Gasteiger partial charge in [0.1, 0.15) is 0 Å². The minimum atomic E-state index is 0.278. The zero-order valence-corrected chi connectivity index (χ0v) is 29.2. The first kappa shape index (κ1) is 34.8. The van der Waals surface area contributed by atoms with E-state index in [0.29, 0.717) is 29.7 Å². The van der Waals surface area contributed by atoms with Crippen molar-refractivity contribution in [1.29, 1.82) is 0 Å². The number of fused-ring (bicyclic) bond motifs is 5. The smallest absolute Gasteiger partial charge is 0.222 e. The molecule has 0 spiro atoms. The van der Waals surface area contributed by atoms with Crippen molar-refractivity contribution < 1.29 is 9.59 Å². The van der Waals surface area contributed by atoms with Gasteiger partial charge in [-0.25, -0.2) is 0 Å². The molecule has 0 bridgehead atoms. The van der Waals surface area contributed by atoms with Crippen LogP contribution in [0.5, 0.6) is 0 Å². The van der Waals surface area contributed by atoms with Gasteiger partial charge in [-0.3, -0.25) is 9.59 Å². The van der Waals surface area contributed by atoms with Gasteiger partial charge >= 0.3 is 0 Å². The van der Waals surface area contributed by atoms with E-state index in [1.54, 1.807) is 0 Å². The summed E-state index contributed by atoms with van der Waals surface area (Å²) in [6.45, 7) is 9.69. The number of likely N-dealkylation sites (tertiary alicyclic amines) is 1. The summed E-state index contributed by atoms with van der Waals surface area (Å²) >= 11 is 0. The van der Waals surface area contributed by atoms with E-state index in [9.17, 15) is 9.59 Å². The molecule has 4 heteroatoms. The molecule has 1 aliphatic heterocycles. The van der Waals surface area contributed by atoms with Crippen molar-refractivity contribution in [2.45, 2.75) is 194 Å². The SMILES string of the molecule is CCCCCCCCCCCCCCCCCC(=O)NC(C)[C@H]1CC[C@H]2[C@@H]3CC[C@H]4N(C)C(=O)CC[C@]4(C)[C@H]3CC[C@]12C. The van der Waals surface area contributed by atoms with Gasteiger partial charge in [0.2, 0.25) is 11.8 Å². The zero-order chi connectivity index (χ0) is 30.9. The fourth-order valence-electron chi connectivity index (χ4n) is 11.1. The van der Waals surface area contributed by atoms with E-state index in [1.807, 2.05) is 0 Å². The zero-order valence-electron chi connectivity index (χ0n) is 29.2. The largest absolute Gasteiger partial charge is 0.353 e. The van der Waals surface area contributed by atoms with Crippen LogP contribution in [0.1, 0.15) is 182 Å². The number of amides is 2. The van der Waals surface area contributed by atoms with Crippen molar-refractivity contribution in [3.05, 3.63) is 0 Å². The molecule has 43 heavy (non-hydrogen) atoms. The Kier molecular flexibility index (Phi) is 13.3. The first-order chi connectivity index (χ1) is 20.7. The second-order valence-electron chi connectivity index (χ2n) is 16.3. The Balaban J connectivity index is 1.09. The second kappa shape index (κ2) is 16.5. The number of nitrogens with zero attached hydrogens (tertiary/aromatic N) is 1. The lowest BCUT2D eigenvalue weighted by Crippen LogP contribution is -2.61. The molecule has 4 aliphatic rings. The maximum atomic E-state index is 13.0. The van der Waals surface area contributed by atoms with Crippen LogP contribution < -0.4 is 5.32 Å². The lowest BCUT2D eigenvalue weighted by Gasteiger charge is -2.62. The molecule has 8 atom stereocenters. The highest BCUT2D eigenvalue weighted by molar-refractivity contribution is 5.77. The van der Waals surface area contributed by atoms with Gasteiger partial charge in [0.15, 0.2) is 0 Å². The lowest BCUT2D eigenvalue weighted by molar-refractivity contribution is -0.158. The number of carbonyl (C=O) groups is 2. The summed E-state index contributed by atoms with van der Waals surface area (Å²) in [5.74, 6) is 3.59. The van der Waals surface area contributed by atoms with E-state index in [1.165, 1.54) is 128 Å². The van der Waals surface area contributed by atoms with Gasteiger partial charge in [0.25, 0.3) is 0 Å². The first-order valence-electron chi connectivity index (χ1n) is 19.3. The number of piperidine rings is 1. The second-order valence-corrected chi connectivity index (χ2v) is 16.3. The summed E-state index contributed by atoms with van der Waals surface area (Å²) in [6.07, 6.45) is 30.6. The Morgan fingerprint density at radius 1 is 0.767 bits per heavy atom. The number of rotatable bonds is 18. The van der Waals surface area contributed by atoms with Crippen molar-refractivity contribution in [2.24, 2.45) is 34.5 Å². The van der Waals surface area contributed by atoms with Crippen molar-refractivity contribution in [3.8, 4) is 0 Å². The van der Waals surface area contributed by atoms with Crippen molar-refractivity contribution in [2.75, 3.05) is 7.05 Å². The van der Waals surface area contributed by atoms with Gasteiger partial charge in [-0.15, -0.1) is 0 Å². The van der Waals surface area contributed by atoms with Gasteiger partial charge in [0, 0.05) is 32.0 Å². The summed E-state index contributed by atoms with van der Waals surface area (Å²) in [6, 6.07) is 0.718. The molecule has 0 radical (unpaired) electrons. The molecule has 1 N–H and O–H groups in total. The van der Waals surface area contributed by atoms with Crippen LogP contribution in [0.4, 0.5) is 0 Å². The summed E-state index contributed by atoms with van der Waals surface area (Å²) in [5, 5.41) is 3.48. The minimum Gasteiger partial charge on any atom is -0.353 e. The first-order valence-corrected chi connectivity index (χ1v) is 19.3. The molecule has 1 heterocycles. The molecule has 4 rings (SSSR count). The predicted octanol–water partition coefficient (Wildman–Crippen LogP) is 10.2. The maximum Gasteiger partial charge on any atom is 0.222 e. The van der Waals surface area contributed by atoms with E-state index in [0.717, 1.165) is 37.0 Å². The van der Waals surface area contributed by atoms with Gasteiger partial charge in [-0.1, -0.05) is 111 Å². The quantitative estimate of drug-likeness (QED) is 0.160. The summed E-state index contributed by atoms with van der Waals surface area (Å²) in [5.41, 5.74) is 0.639. The number of unbranched alkanes of at least 4 members (excludes halogenated alkanes) is 14. The monoisotopic (exact) mass is 599 g/mol. The third kappa shape index (κ3) is 8.41. The predicted molar refractivity (Wildman–Crippen MR) is 181 cm³/mol. The molecule has 3 saturated carbocycles. The molecule has 0 aromatic heterocycles. The van der Waals surface area contributed by atoms with Crippen LogP contribution >= 0.6 is 0 Å². The van der Waals surface area contributed by atoms with Crippen LogP contribution in [0.15, 0.2) is 0 Å². The molecule has 4 nitrogen and oxygen atoms in total. The van der Waals surface area contributed by atoms with Gasteiger partial charge in [-0.2, -0.15) is 0 Å². The van der Waals surface area contributed by atoms with Crippen LogP contribution in [0.2, 0.25) is 0 Å². The Morgan fingerprint density at radius 3 is 1.93 bits per heavy atom. The van der Waals surface area contributed by atoms with E-state index in [-0.39, 0.29) is 17.4 Å². The van der Waals surface area contributed by atoms with Crippen molar-refractivity contribution in [3.63, 3.8) is 0 Å². The molecule has 2 amide bonds. The van der Waals surface area contributed by atoms with E-state index < -0.39 is 0 Å². The van der Waals surface area contributed by atoms with Gasteiger partial charge in [-0.05, 0) is 92.8 Å². The molecule has 248 valence electrons. The van der Waals surface area contributed by atoms with Crippen LogP contribution in [0, 0.1) is 34.5 Å². The van der Waals surface area contributed by atoms with Gasteiger partial charge in [0.05, 0.1) is 0 Å². The molecule has 3 aliphatic carbocycles. The van der Waals surface area contributed by atoms with E-state index in [4.69, 9.17) is 0 Å². The molecular formula is C39H70N2O2. The fourth-order valence-corrected chi connectivity index (χ4v) is 11.1. The summed E-state index contributed by atoms with van der Waals surface area (Å²) in [4.78, 5) is 27.5. The van der Waals surface area contributed by atoms with E-state index >= 15 is 0 Å². The Labute approximate surface area is 266 Å². The molecule has 1 saturated heterocycles. The minimum absolute atomic E-state index is 0.278. The highest BCUT2D eigenvalue weighted by atomic mass is 16.2. The maximum absolute atomic E-state index is 13.0. The highest BCUT2D eigenvalue weighted by Crippen LogP contribution is 2.66. The molecule has 0 aromatic rings. The van der Waals surface area contributed by atoms with Crippen molar-refractivity contribution >= 4 is 11.8 Å². The Hall–Kier alpha value is -1.06. The fraction of sp³-hybridized carbons (Fsp3) is 0.949.